The topological polar surface area (TPSA) is 50.1 Å². The number of carbonyl (C=O) groups excluding carboxylic acids is 1. The van der Waals surface area contributed by atoms with Gasteiger partial charge in [0.15, 0.2) is 5.78 Å². The number of carbonyl (C=O) groups is 1. The Morgan fingerprint density at radius 3 is 2.29 bits per heavy atom. The maximum absolute atomic E-state index is 12.5. The van der Waals surface area contributed by atoms with Gasteiger partial charge in [-0.2, -0.15) is 5.26 Å². The Balaban J connectivity index is 2.88. The zero-order valence-electron chi connectivity index (χ0n) is 13.6. The van der Waals surface area contributed by atoms with E-state index in [-0.39, 0.29) is 5.78 Å². The summed E-state index contributed by atoms with van der Waals surface area (Å²) in [6.07, 6.45) is 0.722. The Morgan fingerprint density at radius 1 is 1.29 bits per heavy atom. The van der Waals surface area contributed by atoms with Gasteiger partial charge in [0.05, 0.1) is 12.7 Å². The average molecular weight is 287 g/mol. The Morgan fingerprint density at radius 2 is 1.86 bits per heavy atom. The van der Waals surface area contributed by atoms with Crippen molar-refractivity contribution in [2.45, 2.75) is 47.0 Å². The van der Waals surface area contributed by atoms with E-state index < -0.39 is 11.3 Å². The molecule has 114 valence electrons. The predicted octanol–water partition coefficient (Wildman–Crippen LogP) is 4.33. The molecule has 0 saturated heterocycles. The highest BCUT2D eigenvalue weighted by Gasteiger charge is 2.33. The molecule has 3 nitrogen and oxygen atoms in total. The fourth-order valence-electron chi connectivity index (χ4n) is 1.87. The van der Waals surface area contributed by atoms with E-state index in [2.05, 4.69) is 19.9 Å². The molecule has 1 atom stereocenters. The number of rotatable bonds is 7. The molecule has 3 heteroatoms. The third-order valence-electron chi connectivity index (χ3n) is 3.74. The predicted molar refractivity (Wildman–Crippen MR) is 84.2 cm³/mol. The number of hydrogen-bond acceptors (Lipinski definition) is 3. The lowest BCUT2D eigenvalue weighted by Gasteiger charge is -2.24. The van der Waals surface area contributed by atoms with Crippen LogP contribution < -0.4 is 4.74 Å². The first-order valence-electron chi connectivity index (χ1n) is 7.48. The second-order valence-electron chi connectivity index (χ2n) is 6.44. The van der Waals surface area contributed by atoms with Gasteiger partial charge in [0.25, 0.3) is 0 Å². The highest BCUT2D eigenvalue weighted by molar-refractivity contribution is 5.92. The van der Waals surface area contributed by atoms with Crippen LogP contribution in [0.2, 0.25) is 0 Å². The van der Waals surface area contributed by atoms with Gasteiger partial charge < -0.3 is 4.74 Å². The molecule has 0 fully saturated rings. The maximum Gasteiger partial charge on any atom is 0.160 e. The lowest BCUT2D eigenvalue weighted by molar-refractivity contribution is -0.127. The zero-order valence-corrected chi connectivity index (χ0v) is 13.6. The normalized spacial score (nSPS) is 12.8. The molecule has 0 N–H and O–H groups in total. The van der Waals surface area contributed by atoms with Crippen LogP contribution >= 0.6 is 0 Å². The second-order valence-corrected chi connectivity index (χ2v) is 6.44. The van der Waals surface area contributed by atoms with Gasteiger partial charge in [0.1, 0.15) is 11.7 Å². The summed E-state index contributed by atoms with van der Waals surface area (Å²) in [5.41, 5.74) is 0.258. The number of hydrogen-bond donors (Lipinski definition) is 0. The van der Waals surface area contributed by atoms with Gasteiger partial charge in [-0.25, -0.2) is 0 Å². The fourth-order valence-corrected chi connectivity index (χ4v) is 1.87. The van der Waals surface area contributed by atoms with E-state index in [1.54, 1.807) is 0 Å². The van der Waals surface area contributed by atoms with Gasteiger partial charge in [0.2, 0.25) is 0 Å². The fraction of sp³-hybridized carbons (Fsp3) is 0.556. The van der Waals surface area contributed by atoms with Crippen LogP contribution in [0.25, 0.3) is 0 Å². The molecule has 0 aliphatic rings. The second kappa shape index (κ2) is 7.26. The number of nitrogens with zero attached hydrogens (tertiary/aromatic N) is 1. The molecule has 0 aliphatic carbocycles. The summed E-state index contributed by atoms with van der Waals surface area (Å²) in [7, 11) is 0. The largest absolute Gasteiger partial charge is 0.493 e. The van der Waals surface area contributed by atoms with Gasteiger partial charge in [-0.05, 0) is 30.0 Å². The SMILES string of the molecule is CCC(C)(C)C(=O)C(C#N)c1ccc(OCC(C)C)cc1. The minimum atomic E-state index is -0.709. The van der Waals surface area contributed by atoms with Crippen LogP contribution in [0.3, 0.4) is 0 Å². The molecule has 1 rings (SSSR count). The van der Waals surface area contributed by atoms with E-state index in [0.717, 1.165) is 17.7 Å². The lowest BCUT2D eigenvalue weighted by Crippen LogP contribution is -2.28. The Kier molecular flexibility index (Phi) is 5.96. The van der Waals surface area contributed by atoms with Gasteiger partial charge >= 0.3 is 0 Å². The van der Waals surface area contributed by atoms with Crippen LogP contribution in [-0.4, -0.2) is 12.4 Å². The first-order chi connectivity index (χ1) is 9.81. The molecule has 0 aliphatic heterocycles. The Bertz CT molecular complexity index is 509. The monoisotopic (exact) mass is 287 g/mol. The maximum atomic E-state index is 12.5. The van der Waals surface area contributed by atoms with Crippen LogP contribution in [0.1, 0.15) is 52.5 Å². The molecular formula is C18H25NO2. The van der Waals surface area contributed by atoms with Crippen LogP contribution in [-0.2, 0) is 4.79 Å². The molecule has 0 saturated carbocycles. The van der Waals surface area contributed by atoms with Crippen molar-refractivity contribution in [2.75, 3.05) is 6.61 Å². The van der Waals surface area contributed by atoms with Crippen molar-refractivity contribution >= 4 is 5.78 Å². The van der Waals surface area contributed by atoms with Gasteiger partial charge in [0, 0.05) is 5.41 Å². The third kappa shape index (κ3) is 4.60. The number of ether oxygens (including phenoxy) is 1. The smallest absolute Gasteiger partial charge is 0.160 e. The molecule has 21 heavy (non-hydrogen) atoms. The molecular weight excluding hydrogens is 262 g/mol. The molecule has 1 aromatic rings. The number of benzene rings is 1. The van der Waals surface area contributed by atoms with Crippen LogP contribution in [0.5, 0.6) is 5.75 Å². The highest BCUT2D eigenvalue weighted by Crippen LogP contribution is 2.31. The van der Waals surface area contributed by atoms with Crippen LogP contribution in [0.15, 0.2) is 24.3 Å². The van der Waals surface area contributed by atoms with E-state index >= 15 is 0 Å². The minimum Gasteiger partial charge on any atom is -0.493 e. The number of Topliss-reactive ketones (excluding diaryl/α,β-unsaturated/α-hetero) is 1. The molecule has 0 bridgehead atoms. The molecule has 1 unspecified atom stereocenters. The van der Waals surface area contributed by atoms with Crippen molar-refractivity contribution in [2.24, 2.45) is 11.3 Å². The molecule has 0 radical (unpaired) electrons. The van der Waals surface area contributed by atoms with Crippen molar-refractivity contribution < 1.29 is 9.53 Å². The lowest BCUT2D eigenvalue weighted by atomic mass is 9.77. The van der Waals surface area contributed by atoms with E-state index in [1.165, 1.54) is 0 Å². The third-order valence-corrected chi connectivity index (χ3v) is 3.74. The van der Waals surface area contributed by atoms with E-state index in [0.29, 0.717) is 12.5 Å². The average Bonchev–Trinajstić information content (AvgIpc) is 2.47. The van der Waals surface area contributed by atoms with Crippen LogP contribution in [0, 0.1) is 22.7 Å². The summed E-state index contributed by atoms with van der Waals surface area (Å²) in [4.78, 5) is 12.5. The summed E-state index contributed by atoms with van der Waals surface area (Å²) in [5.74, 6) is 0.497. The Hall–Kier alpha value is -1.82. The summed E-state index contributed by atoms with van der Waals surface area (Å²) >= 11 is 0. The molecule has 0 aromatic heterocycles. The van der Waals surface area contributed by atoms with Crippen molar-refractivity contribution in [3.8, 4) is 11.8 Å². The minimum absolute atomic E-state index is 0.0247. The van der Waals surface area contributed by atoms with E-state index in [1.807, 2.05) is 45.0 Å². The summed E-state index contributed by atoms with van der Waals surface area (Å²) in [5, 5.41) is 9.35. The van der Waals surface area contributed by atoms with Gasteiger partial charge in [-0.3, -0.25) is 4.79 Å². The highest BCUT2D eigenvalue weighted by atomic mass is 16.5. The molecule has 1 aromatic carbocycles. The zero-order chi connectivity index (χ0) is 16.0. The quantitative estimate of drug-likeness (QED) is 0.749. The number of ketones is 1. The standard InChI is InChI=1S/C18H25NO2/c1-6-18(4,5)17(20)16(11-19)14-7-9-15(10-8-14)21-12-13(2)3/h7-10,13,16H,6,12H2,1-5H3. The first kappa shape index (κ1) is 17.2. The van der Waals surface area contributed by atoms with Crippen molar-refractivity contribution in [3.05, 3.63) is 29.8 Å². The molecule has 0 heterocycles. The molecule has 0 amide bonds. The summed E-state index contributed by atoms with van der Waals surface area (Å²) in [6, 6.07) is 9.42. The van der Waals surface area contributed by atoms with Crippen LogP contribution in [0.4, 0.5) is 0 Å². The van der Waals surface area contributed by atoms with E-state index in [9.17, 15) is 10.1 Å². The number of nitriles is 1. The van der Waals surface area contributed by atoms with Gasteiger partial charge in [-0.1, -0.05) is 46.8 Å². The van der Waals surface area contributed by atoms with Crippen molar-refractivity contribution in [1.82, 2.24) is 0 Å². The summed E-state index contributed by atoms with van der Waals surface area (Å²) in [6.45, 7) is 10.6. The van der Waals surface area contributed by atoms with E-state index in [4.69, 9.17) is 4.74 Å². The summed E-state index contributed by atoms with van der Waals surface area (Å²) < 4.78 is 5.62. The van der Waals surface area contributed by atoms with Crippen molar-refractivity contribution in [1.29, 1.82) is 5.26 Å². The Labute approximate surface area is 127 Å². The molecule has 0 spiro atoms. The van der Waals surface area contributed by atoms with Crippen molar-refractivity contribution in [3.63, 3.8) is 0 Å². The first-order valence-corrected chi connectivity index (χ1v) is 7.48. The van der Waals surface area contributed by atoms with Gasteiger partial charge in [-0.15, -0.1) is 0 Å².